The van der Waals surface area contributed by atoms with E-state index in [1.54, 1.807) is 36.4 Å². The Hall–Kier alpha value is -1.85. The van der Waals surface area contributed by atoms with Gasteiger partial charge in [-0.25, -0.2) is 0 Å². The van der Waals surface area contributed by atoms with E-state index in [0.29, 0.717) is 11.1 Å². The molecule has 0 aliphatic rings. The molecule has 5 heteroatoms. The first-order valence-corrected chi connectivity index (χ1v) is 7.09. The fourth-order valence-electron chi connectivity index (χ4n) is 2.06. The second-order valence-corrected chi connectivity index (χ2v) is 4.60. The number of aryl methyl sites for hydroxylation is 2. The van der Waals surface area contributed by atoms with Crippen molar-refractivity contribution in [3.63, 3.8) is 0 Å². The second kappa shape index (κ2) is 10.8. The van der Waals surface area contributed by atoms with Crippen LogP contribution >= 0.6 is 0 Å². The third kappa shape index (κ3) is 6.42. The molecule has 4 nitrogen and oxygen atoms in total. The molecule has 0 fully saturated rings. The van der Waals surface area contributed by atoms with Crippen molar-refractivity contribution in [1.29, 1.82) is 0 Å². The molecule has 0 aliphatic heterocycles. The summed E-state index contributed by atoms with van der Waals surface area (Å²) in [6, 6.07) is 13.8. The number of aromatic carboxylic acids is 2. The topological polar surface area (TPSA) is 80.3 Å². The molecule has 0 unspecified atom stereocenters. The van der Waals surface area contributed by atoms with Gasteiger partial charge < -0.3 is 19.8 Å². The minimum Gasteiger partial charge on any atom is -0.545 e. The minimum atomic E-state index is -1.09. The van der Waals surface area contributed by atoms with Crippen molar-refractivity contribution < 1.29 is 19.8 Å². The Morgan fingerprint density at radius 1 is 0.739 bits per heavy atom. The van der Waals surface area contributed by atoms with Crippen molar-refractivity contribution in [2.75, 3.05) is 0 Å². The first-order chi connectivity index (χ1) is 10.5. The smallest absolute Gasteiger partial charge is 0.545 e. The predicted molar refractivity (Wildman–Crippen MR) is 86.1 cm³/mol. The molecule has 2 rings (SSSR count). The zero-order valence-corrected chi connectivity index (χ0v) is 14.8. The summed E-state index contributed by atoms with van der Waals surface area (Å²) < 4.78 is 0. The van der Waals surface area contributed by atoms with Crippen LogP contribution in [-0.2, 0) is 12.8 Å². The summed E-state index contributed by atoms with van der Waals surface area (Å²) in [5.41, 5.74) is 2.25. The SMILES string of the molecule is CCc1ccccc1C(=O)[O-].CCc1ccccc1C(=O)[O-].[Mg+2]. The Balaban J connectivity index is 0.000000403. The maximum Gasteiger partial charge on any atom is 2.00 e. The van der Waals surface area contributed by atoms with Gasteiger partial charge in [0.2, 0.25) is 0 Å². The van der Waals surface area contributed by atoms with Gasteiger partial charge in [0, 0.05) is 11.1 Å². The van der Waals surface area contributed by atoms with Gasteiger partial charge in [-0.3, -0.25) is 0 Å². The summed E-state index contributed by atoms with van der Waals surface area (Å²) in [6.45, 7) is 3.84. The summed E-state index contributed by atoms with van der Waals surface area (Å²) in [5.74, 6) is -2.19. The molecule has 0 radical (unpaired) electrons. The van der Waals surface area contributed by atoms with E-state index in [1.807, 2.05) is 26.0 Å². The zero-order chi connectivity index (χ0) is 16.5. The molecule has 116 valence electrons. The Bertz CT molecular complexity index is 595. The van der Waals surface area contributed by atoms with Crippen molar-refractivity contribution in [1.82, 2.24) is 0 Å². The van der Waals surface area contributed by atoms with Gasteiger partial charge in [0.25, 0.3) is 0 Å². The molecule has 23 heavy (non-hydrogen) atoms. The molecule has 2 aromatic carbocycles. The third-order valence-electron chi connectivity index (χ3n) is 3.24. The Morgan fingerprint density at radius 3 is 1.26 bits per heavy atom. The average molecular weight is 323 g/mol. The maximum absolute atomic E-state index is 10.5. The number of rotatable bonds is 4. The van der Waals surface area contributed by atoms with Crippen LogP contribution in [0.5, 0.6) is 0 Å². The summed E-state index contributed by atoms with van der Waals surface area (Å²) in [6.07, 6.45) is 1.45. The van der Waals surface area contributed by atoms with Gasteiger partial charge in [-0.1, -0.05) is 62.4 Å². The number of carbonyl (C=O) groups excluding carboxylic acids is 2. The van der Waals surface area contributed by atoms with Crippen molar-refractivity contribution >= 4 is 35.0 Å². The Labute approximate surface area is 152 Å². The number of hydrogen-bond donors (Lipinski definition) is 0. The van der Waals surface area contributed by atoms with Crippen LogP contribution in [0, 0.1) is 0 Å². The maximum atomic E-state index is 10.5. The van der Waals surface area contributed by atoms with Crippen molar-refractivity contribution in [2.24, 2.45) is 0 Å². The molecule has 0 atom stereocenters. The molecule has 0 aliphatic carbocycles. The van der Waals surface area contributed by atoms with Crippen LogP contribution in [0.4, 0.5) is 0 Å². The molecule has 0 saturated carbocycles. The van der Waals surface area contributed by atoms with Crippen molar-refractivity contribution in [3.8, 4) is 0 Å². The standard InChI is InChI=1S/2C9H10O2.Mg/c2*1-2-7-5-3-4-6-8(7)9(10)11;/h2*3-6H,2H2,1H3,(H,10,11);/q;;+2/p-2. The molecule has 0 amide bonds. The summed E-state index contributed by atoms with van der Waals surface area (Å²) >= 11 is 0. The van der Waals surface area contributed by atoms with E-state index in [2.05, 4.69) is 0 Å². The van der Waals surface area contributed by atoms with Crippen molar-refractivity contribution in [3.05, 3.63) is 70.8 Å². The number of carboxylic acid groups (broad SMARTS) is 2. The molecule has 0 N–H and O–H groups in total. The van der Waals surface area contributed by atoms with E-state index in [1.165, 1.54) is 0 Å². The van der Waals surface area contributed by atoms with E-state index in [-0.39, 0.29) is 23.1 Å². The number of benzene rings is 2. The molecular weight excluding hydrogens is 304 g/mol. The largest absolute Gasteiger partial charge is 2.00 e. The molecule has 0 heterocycles. The summed E-state index contributed by atoms with van der Waals surface area (Å²) in [5, 5.41) is 20.9. The molecule has 0 saturated heterocycles. The number of hydrogen-bond acceptors (Lipinski definition) is 4. The fraction of sp³-hybridized carbons (Fsp3) is 0.222. The van der Waals surface area contributed by atoms with Crippen LogP contribution in [0.15, 0.2) is 48.5 Å². The van der Waals surface area contributed by atoms with Gasteiger partial charge in [0.05, 0.1) is 11.9 Å². The first kappa shape index (κ1) is 21.1. The van der Waals surface area contributed by atoms with Gasteiger partial charge in [-0.2, -0.15) is 0 Å². The zero-order valence-electron chi connectivity index (χ0n) is 13.4. The Morgan fingerprint density at radius 2 is 1.04 bits per heavy atom. The first-order valence-electron chi connectivity index (χ1n) is 7.09. The average Bonchev–Trinajstić information content (AvgIpc) is 2.55. The van der Waals surface area contributed by atoms with Gasteiger partial charge in [-0.15, -0.1) is 0 Å². The summed E-state index contributed by atoms with van der Waals surface area (Å²) in [7, 11) is 0. The van der Waals surface area contributed by atoms with Gasteiger partial charge in [0.1, 0.15) is 0 Å². The fourth-order valence-corrected chi connectivity index (χ4v) is 2.06. The third-order valence-corrected chi connectivity index (χ3v) is 3.24. The van der Waals surface area contributed by atoms with Crippen LogP contribution in [0.1, 0.15) is 45.7 Å². The Kier molecular flexibility index (Phi) is 9.93. The van der Waals surface area contributed by atoms with E-state index in [9.17, 15) is 19.8 Å². The predicted octanol–water partition coefficient (Wildman–Crippen LogP) is 0.844. The summed E-state index contributed by atoms with van der Waals surface area (Å²) in [4.78, 5) is 20.9. The van der Waals surface area contributed by atoms with Crippen LogP contribution in [0.25, 0.3) is 0 Å². The minimum absolute atomic E-state index is 0. The molecule has 0 bridgehead atoms. The molecule has 2 aromatic rings. The van der Waals surface area contributed by atoms with Crippen LogP contribution in [0.2, 0.25) is 0 Å². The van der Waals surface area contributed by atoms with E-state index < -0.39 is 11.9 Å². The monoisotopic (exact) mass is 322 g/mol. The van der Waals surface area contributed by atoms with E-state index in [4.69, 9.17) is 0 Å². The van der Waals surface area contributed by atoms with Crippen molar-refractivity contribution in [2.45, 2.75) is 26.7 Å². The van der Waals surface area contributed by atoms with Crippen LogP contribution in [0.3, 0.4) is 0 Å². The van der Waals surface area contributed by atoms with Gasteiger partial charge in [0.15, 0.2) is 0 Å². The van der Waals surface area contributed by atoms with E-state index in [0.717, 1.165) is 24.0 Å². The van der Waals surface area contributed by atoms with Crippen LogP contribution in [-0.4, -0.2) is 35.0 Å². The molecular formula is C18H18MgO4. The second-order valence-electron chi connectivity index (χ2n) is 4.60. The normalized spacial score (nSPS) is 9.13. The number of carboxylic acids is 2. The van der Waals surface area contributed by atoms with E-state index >= 15 is 0 Å². The van der Waals surface area contributed by atoms with Crippen LogP contribution < -0.4 is 10.2 Å². The van der Waals surface area contributed by atoms with Gasteiger partial charge >= 0.3 is 23.1 Å². The molecule has 0 aromatic heterocycles. The molecule has 0 spiro atoms. The van der Waals surface area contributed by atoms with Gasteiger partial charge in [-0.05, 0) is 24.0 Å². The quantitative estimate of drug-likeness (QED) is 0.781. The number of carbonyl (C=O) groups is 2.